The van der Waals surface area contributed by atoms with Crippen LogP contribution in [0.1, 0.15) is 18.9 Å². The first-order valence-electron chi connectivity index (χ1n) is 4.33. The van der Waals surface area contributed by atoms with Gasteiger partial charge in [-0.2, -0.15) is 0 Å². The first-order chi connectivity index (χ1) is 6.68. The number of Topliss-reactive ketones (excluding diaryl/α,β-unsaturated/α-hetero) is 1. The van der Waals surface area contributed by atoms with Gasteiger partial charge in [-0.15, -0.1) is 0 Å². The zero-order chi connectivity index (χ0) is 10.4. The van der Waals surface area contributed by atoms with E-state index in [0.717, 1.165) is 5.56 Å². The number of pyridine rings is 1. The highest BCUT2D eigenvalue weighted by molar-refractivity contribution is 5.96. The van der Waals surface area contributed by atoms with E-state index < -0.39 is 0 Å². The molecule has 0 aromatic carbocycles. The minimum atomic E-state index is -0.249. The van der Waals surface area contributed by atoms with Crippen LogP contribution in [0.3, 0.4) is 0 Å². The Morgan fingerprint density at radius 1 is 1.50 bits per heavy atom. The molecule has 1 N–H and O–H groups in total. The monoisotopic (exact) mass is 192 g/mol. The second-order valence-corrected chi connectivity index (χ2v) is 3.02. The van der Waals surface area contributed by atoms with Crippen LogP contribution < -0.4 is 5.32 Å². The number of aromatic nitrogens is 1. The van der Waals surface area contributed by atoms with E-state index in [0.29, 0.717) is 6.54 Å². The van der Waals surface area contributed by atoms with E-state index in [-0.39, 0.29) is 18.1 Å². The molecule has 1 aromatic heterocycles. The van der Waals surface area contributed by atoms with E-state index in [4.69, 9.17) is 0 Å². The van der Waals surface area contributed by atoms with Crippen molar-refractivity contribution in [2.24, 2.45) is 0 Å². The van der Waals surface area contributed by atoms with Crippen LogP contribution in [-0.4, -0.2) is 16.7 Å². The maximum absolute atomic E-state index is 11.1. The van der Waals surface area contributed by atoms with E-state index in [1.165, 1.54) is 6.92 Å². The van der Waals surface area contributed by atoms with Crippen molar-refractivity contribution in [3.8, 4) is 0 Å². The van der Waals surface area contributed by atoms with Gasteiger partial charge in [0.15, 0.2) is 0 Å². The third-order valence-electron chi connectivity index (χ3n) is 1.62. The Bertz CT molecular complexity index is 322. The Kier molecular flexibility index (Phi) is 3.79. The fraction of sp³-hybridized carbons (Fsp3) is 0.300. The minimum absolute atomic E-state index is 0.0553. The van der Waals surface area contributed by atoms with E-state index in [2.05, 4.69) is 10.3 Å². The van der Waals surface area contributed by atoms with Gasteiger partial charge in [0.05, 0.1) is 6.42 Å². The molecule has 0 saturated carbocycles. The highest BCUT2D eigenvalue weighted by Crippen LogP contribution is 1.94. The number of amides is 1. The van der Waals surface area contributed by atoms with E-state index in [9.17, 15) is 9.59 Å². The van der Waals surface area contributed by atoms with Crippen molar-refractivity contribution < 1.29 is 9.59 Å². The summed E-state index contributed by atoms with van der Waals surface area (Å²) in [7, 11) is 0. The number of hydrogen-bond donors (Lipinski definition) is 1. The highest BCUT2D eigenvalue weighted by Gasteiger charge is 2.03. The van der Waals surface area contributed by atoms with Gasteiger partial charge in [-0.05, 0) is 18.6 Å². The molecule has 1 rings (SSSR count). The van der Waals surface area contributed by atoms with Crippen molar-refractivity contribution in [3.05, 3.63) is 30.1 Å². The number of ketones is 1. The fourth-order valence-corrected chi connectivity index (χ4v) is 0.992. The zero-order valence-electron chi connectivity index (χ0n) is 7.99. The van der Waals surface area contributed by atoms with Crippen molar-refractivity contribution in [2.45, 2.75) is 19.9 Å². The van der Waals surface area contributed by atoms with E-state index in [1.807, 2.05) is 6.07 Å². The molecule has 0 atom stereocenters. The third kappa shape index (κ3) is 3.80. The largest absolute Gasteiger partial charge is 0.352 e. The Balaban J connectivity index is 2.34. The molecule has 0 aliphatic rings. The maximum Gasteiger partial charge on any atom is 0.227 e. The summed E-state index contributed by atoms with van der Waals surface area (Å²) in [5.41, 5.74) is 0.921. The summed E-state index contributed by atoms with van der Waals surface area (Å²) < 4.78 is 0. The second-order valence-electron chi connectivity index (χ2n) is 3.02. The van der Waals surface area contributed by atoms with Crippen molar-refractivity contribution in [1.29, 1.82) is 0 Å². The quantitative estimate of drug-likeness (QED) is 0.713. The van der Waals surface area contributed by atoms with Crippen LogP contribution in [-0.2, 0) is 16.1 Å². The topological polar surface area (TPSA) is 59.1 Å². The normalized spacial score (nSPS) is 9.50. The lowest BCUT2D eigenvalue weighted by atomic mass is 10.2. The van der Waals surface area contributed by atoms with Crippen molar-refractivity contribution in [1.82, 2.24) is 10.3 Å². The summed E-state index contributed by atoms with van der Waals surface area (Å²) in [5.74, 6) is -0.380. The van der Waals surface area contributed by atoms with Gasteiger partial charge in [0, 0.05) is 18.9 Å². The molecule has 0 unspecified atom stereocenters. The Labute approximate surface area is 82.3 Å². The van der Waals surface area contributed by atoms with Crippen LogP contribution in [0.5, 0.6) is 0 Å². The average molecular weight is 192 g/mol. The molecule has 74 valence electrons. The van der Waals surface area contributed by atoms with E-state index in [1.54, 1.807) is 18.5 Å². The summed E-state index contributed by atoms with van der Waals surface area (Å²) in [5, 5.41) is 2.63. The lowest BCUT2D eigenvalue weighted by molar-refractivity contribution is -0.127. The number of rotatable bonds is 4. The molecule has 0 radical (unpaired) electrons. The minimum Gasteiger partial charge on any atom is -0.352 e. The molecule has 0 saturated heterocycles. The molecule has 1 aromatic rings. The highest BCUT2D eigenvalue weighted by atomic mass is 16.2. The van der Waals surface area contributed by atoms with Gasteiger partial charge in [-0.25, -0.2) is 0 Å². The number of nitrogens with zero attached hydrogens (tertiary/aromatic N) is 1. The number of hydrogen-bond acceptors (Lipinski definition) is 3. The van der Waals surface area contributed by atoms with Crippen LogP contribution in [0.4, 0.5) is 0 Å². The van der Waals surface area contributed by atoms with Gasteiger partial charge in [0.2, 0.25) is 5.91 Å². The molecule has 0 fully saturated rings. The molecule has 0 bridgehead atoms. The molecule has 1 amide bonds. The SMILES string of the molecule is CC(=O)CC(=O)NCc1cccnc1. The molecule has 14 heavy (non-hydrogen) atoms. The lowest BCUT2D eigenvalue weighted by Crippen LogP contribution is -2.24. The summed E-state index contributed by atoms with van der Waals surface area (Å²) in [4.78, 5) is 25.6. The molecule has 4 nitrogen and oxygen atoms in total. The molecule has 1 heterocycles. The Morgan fingerprint density at radius 3 is 2.86 bits per heavy atom. The lowest BCUT2D eigenvalue weighted by Gasteiger charge is -2.02. The molecule has 0 aliphatic heterocycles. The molecular formula is C10H12N2O2. The van der Waals surface area contributed by atoms with Crippen LogP contribution in [0, 0.1) is 0 Å². The Hall–Kier alpha value is -1.71. The van der Waals surface area contributed by atoms with Crippen molar-refractivity contribution in [3.63, 3.8) is 0 Å². The van der Waals surface area contributed by atoms with Gasteiger partial charge in [-0.3, -0.25) is 14.6 Å². The predicted octanol–water partition coefficient (Wildman–Crippen LogP) is 0.677. The molecule has 0 aliphatic carbocycles. The number of carbonyl (C=O) groups is 2. The van der Waals surface area contributed by atoms with Gasteiger partial charge in [0.1, 0.15) is 5.78 Å². The Morgan fingerprint density at radius 2 is 2.29 bits per heavy atom. The number of nitrogens with one attached hydrogen (secondary N) is 1. The second kappa shape index (κ2) is 5.11. The number of carbonyl (C=O) groups excluding carboxylic acids is 2. The summed E-state index contributed by atoms with van der Waals surface area (Å²) in [6, 6.07) is 3.66. The van der Waals surface area contributed by atoms with Crippen molar-refractivity contribution in [2.75, 3.05) is 0 Å². The first-order valence-corrected chi connectivity index (χ1v) is 4.33. The fourth-order valence-electron chi connectivity index (χ4n) is 0.992. The summed E-state index contributed by atoms with van der Waals surface area (Å²) in [6.45, 7) is 1.81. The third-order valence-corrected chi connectivity index (χ3v) is 1.62. The van der Waals surface area contributed by atoms with Crippen LogP contribution in [0.2, 0.25) is 0 Å². The summed E-state index contributed by atoms with van der Waals surface area (Å²) >= 11 is 0. The smallest absolute Gasteiger partial charge is 0.227 e. The maximum atomic E-state index is 11.1. The van der Waals surface area contributed by atoms with Gasteiger partial charge >= 0.3 is 0 Å². The van der Waals surface area contributed by atoms with Gasteiger partial charge in [0.25, 0.3) is 0 Å². The molecular weight excluding hydrogens is 180 g/mol. The average Bonchev–Trinajstić information content (AvgIpc) is 2.15. The summed E-state index contributed by atoms with van der Waals surface area (Å²) in [6.07, 6.45) is 3.29. The zero-order valence-corrected chi connectivity index (χ0v) is 7.99. The van der Waals surface area contributed by atoms with Crippen LogP contribution >= 0.6 is 0 Å². The standard InChI is InChI=1S/C10H12N2O2/c1-8(13)5-10(14)12-7-9-3-2-4-11-6-9/h2-4,6H,5,7H2,1H3,(H,12,14). The van der Waals surface area contributed by atoms with E-state index >= 15 is 0 Å². The van der Waals surface area contributed by atoms with Crippen LogP contribution in [0.25, 0.3) is 0 Å². The van der Waals surface area contributed by atoms with Crippen LogP contribution in [0.15, 0.2) is 24.5 Å². The first kappa shape index (κ1) is 10.4. The predicted molar refractivity (Wildman–Crippen MR) is 51.4 cm³/mol. The van der Waals surface area contributed by atoms with Gasteiger partial charge in [-0.1, -0.05) is 6.07 Å². The molecule has 4 heteroatoms. The van der Waals surface area contributed by atoms with Crippen molar-refractivity contribution >= 4 is 11.7 Å². The molecule has 0 spiro atoms. The van der Waals surface area contributed by atoms with Gasteiger partial charge < -0.3 is 5.32 Å².